The molecular weight excluding hydrogens is 264 g/mol. The Kier molecular flexibility index (Phi) is 4.55. The van der Waals surface area contributed by atoms with Crippen molar-refractivity contribution in [3.05, 3.63) is 11.9 Å². The molecule has 0 spiro atoms. The fourth-order valence-corrected chi connectivity index (χ4v) is 2.91. The number of rotatable bonds is 6. The first-order valence-corrected chi connectivity index (χ1v) is 8.10. The van der Waals surface area contributed by atoms with Gasteiger partial charge in [0.1, 0.15) is 17.5 Å². The molecule has 3 rings (SSSR count). The van der Waals surface area contributed by atoms with Crippen LogP contribution in [-0.2, 0) is 0 Å². The number of nitrogens with one attached hydrogen (secondary N) is 2. The first-order chi connectivity index (χ1) is 10.3. The third-order valence-electron chi connectivity index (χ3n) is 4.56. The van der Waals surface area contributed by atoms with Crippen molar-refractivity contribution in [3.8, 4) is 0 Å². The highest BCUT2D eigenvalue weighted by Gasteiger charge is 2.27. The van der Waals surface area contributed by atoms with Gasteiger partial charge in [0.25, 0.3) is 0 Å². The summed E-state index contributed by atoms with van der Waals surface area (Å²) in [5, 5.41) is 3.48. The summed E-state index contributed by atoms with van der Waals surface area (Å²) in [6.07, 6.45) is 4.93. The number of anilines is 2. The molecule has 1 saturated carbocycles. The van der Waals surface area contributed by atoms with Crippen molar-refractivity contribution < 1.29 is 0 Å². The number of nitrogen functional groups attached to an aromatic ring is 1. The number of nitrogens with zero attached hydrogens (tertiary/aromatic N) is 3. The van der Waals surface area contributed by atoms with E-state index in [1.807, 2.05) is 6.07 Å². The number of nitrogens with two attached hydrogens (primary N) is 1. The summed E-state index contributed by atoms with van der Waals surface area (Å²) < 4.78 is 0. The van der Waals surface area contributed by atoms with E-state index in [-0.39, 0.29) is 0 Å². The third-order valence-corrected chi connectivity index (χ3v) is 4.56. The first kappa shape index (κ1) is 14.5. The Balaban J connectivity index is 1.56. The lowest BCUT2D eigenvalue weighted by atomic mass is 9.97. The van der Waals surface area contributed by atoms with Crippen molar-refractivity contribution in [1.82, 2.24) is 14.9 Å². The van der Waals surface area contributed by atoms with Gasteiger partial charge in [-0.1, -0.05) is 6.92 Å². The molecule has 0 aromatic carbocycles. The van der Waals surface area contributed by atoms with Crippen molar-refractivity contribution in [1.29, 1.82) is 0 Å². The molecule has 1 aromatic heterocycles. The molecule has 0 unspecified atom stereocenters. The second-order valence-corrected chi connectivity index (χ2v) is 6.17. The van der Waals surface area contributed by atoms with Crippen molar-refractivity contribution in [2.45, 2.75) is 38.5 Å². The van der Waals surface area contributed by atoms with Crippen molar-refractivity contribution in [2.75, 3.05) is 36.9 Å². The second kappa shape index (κ2) is 6.58. The van der Waals surface area contributed by atoms with Gasteiger partial charge in [-0.05, 0) is 51.2 Å². The maximum atomic E-state index is 5.50. The highest BCUT2D eigenvalue weighted by atomic mass is 15.3. The predicted octanol–water partition coefficient (Wildman–Crippen LogP) is 1.78. The molecule has 0 amide bonds. The molecule has 6 heteroatoms. The van der Waals surface area contributed by atoms with Crippen LogP contribution in [0, 0.1) is 5.92 Å². The fraction of sp³-hybridized carbons (Fsp3) is 0.733. The zero-order valence-electron chi connectivity index (χ0n) is 12.8. The molecule has 0 bridgehead atoms. The number of hydrogen-bond donors (Lipinski definition) is 3. The Morgan fingerprint density at radius 2 is 1.90 bits per heavy atom. The summed E-state index contributed by atoms with van der Waals surface area (Å²) >= 11 is 0. The van der Waals surface area contributed by atoms with Gasteiger partial charge in [0.15, 0.2) is 0 Å². The number of hydrogen-bond acceptors (Lipinski definition) is 6. The lowest BCUT2D eigenvalue weighted by molar-refractivity contribution is 0.198. The van der Waals surface area contributed by atoms with Gasteiger partial charge in [0, 0.05) is 18.5 Å². The van der Waals surface area contributed by atoms with E-state index in [0.29, 0.717) is 11.7 Å². The maximum Gasteiger partial charge on any atom is 0.145 e. The summed E-state index contributed by atoms with van der Waals surface area (Å²) in [4.78, 5) is 11.6. The van der Waals surface area contributed by atoms with E-state index < -0.39 is 0 Å². The number of hydrazine groups is 1. The Morgan fingerprint density at radius 3 is 2.52 bits per heavy atom. The summed E-state index contributed by atoms with van der Waals surface area (Å²) in [7, 11) is 0. The van der Waals surface area contributed by atoms with Gasteiger partial charge in [0.05, 0.1) is 0 Å². The van der Waals surface area contributed by atoms with Crippen LogP contribution in [0.1, 0.15) is 44.3 Å². The molecule has 1 aliphatic heterocycles. The number of aromatic nitrogens is 2. The molecule has 0 radical (unpaired) electrons. The van der Waals surface area contributed by atoms with Crippen LogP contribution in [-0.4, -0.2) is 41.0 Å². The third kappa shape index (κ3) is 3.83. The quantitative estimate of drug-likeness (QED) is 0.547. The molecule has 21 heavy (non-hydrogen) atoms. The first-order valence-electron chi connectivity index (χ1n) is 8.10. The summed E-state index contributed by atoms with van der Waals surface area (Å²) in [6, 6.07) is 1.90. The monoisotopic (exact) mass is 290 g/mol. The Hall–Kier alpha value is -1.40. The van der Waals surface area contributed by atoms with Gasteiger partial charge >= 0.3 is 0 Å². The minimum atomic E-state index is 0.534. The van der Waals surface area contributed by atoms with E-state index in [1.54, 1.807) is 0 Å². The molecule has 4 N–H and O–H groups in total. The van der Waals surface area contributed by atoms with Crippen LogP contribution < -0.4 is 16.6 Å². The highest BCUT2D eigenvalue weighted by molar-refractivity contribution is 5.47. The van der Waals surface area contributed by atoms with E-state index in [1.165, 1.54) is 45.3 Å². The standard InChI is InChI=1S/C15H26N6/c1-2-21-7-5-11(6-8-21)10-17-13-9-14(20-16)19-15(18-13)12-3-4-12/h9,11-12H,2-8,10,16H2,1H3,(H2,17,18,19,20). The lowest BCUT2D eigenvalue weighted by Crippen LogP contribution is -2.35. The Morgan fingerprint density at radius 1 is 1.19 bits per heavy atom. The van der Waals surface area contributed by atoms with Gasteiger partial charge in [-0.25, -0.2) is 15.8 Å². The molecule has 2 aliphatic rings. The zero-order valence-corrected chi connectivity index (χ0v) is 12.8. The predicted molar refractivity (Wildman–Crippen MR) is 85.1 cm³/mol. The maximum absolute atomic E-state index is 5.50. The number of piperidine rings is 1. The molecule has 116 valence electrons. The normalized spacial score (nSPS) is 20.5. The SMILES string of the molecule is CCN1CCC(CNc2cc(NN)nc(C3CC3)n2)CC1. The van der Waals surface area contributed by atoms with E-state index in [9.17, 15) is 0 Å². The van der Waals surface area contributed by atoms with E-state index in [0.717, 1.165) is 24.1 Å². The molecular formula is C15H26N6. The van der Waals surface area contributed by atoms with E-state index in [2.05, 4.69) is 32.5 Å². The van der Waals surface area contributed by atoms with Gasteiger partial charge < -0.3 is 15.6 Å². The Labute approximate surface area is 126 Å². The number of likely N-dealkylation sites (tertiary alicyclic amines) is 1. The zero-order chi connectivity index (χ0) is 14.7. The van der Waals surface area contributed by atoms with Crippen molar-refractivity contribution >= 4 is 11.6 Å². The topological polar surface area (TPSA) is 79.1 Å². The molecule has 1 saturated heterocycles. The van der Waals surface area contributed by atoms with Crippen LogP contribution in [0.15, 0.2) is 6.07 Å². The average Bonchev–Trinajstić information content (AvgIpc) is 3.38. The van der Waals surface area contributed by atoms with Crippen LogP contribution in [0.3, 0.4) is 0 Å². The summed E-state index contributed by atoms with van der Waals surface area (Å²) in [5.74, 6) is 9.30. The van der Waals surface area contributed by atoms with Crippen molar-refractivity contribution in [3.63, 3.8) is 0 Å². The minimum Gasteiger partial charge on any atom is -0.370 e. The highest BCUT2D eigenvalue weighted by Crippen LogP contribution is 2.38. The molecule has 6 nitrogen and oxygen atoms in total. The van der Waals surface area contributed by atoms with Crippen LogP contribution in [0.4, 0.5) is 11.6 Å². The Bertz CT molecular complexity index is 465. The molecule has 1 aromatic rings. The average molecular weight is 290 g/mol. The fourth-order valence-electron chi connectivity index (χ4n) is 2.91. The summed E-state index contributed by atoms with van der Waals surface area (Å²) in [5.41, 5.74) is 2.64. The molecule has 2 heterocycles. The largest absolute Gasteiger partial charge is 0.370 e. The van der Waals surface area contributed by atoms with Crippen LogP contribution >= 0.6 is 0 Å². The van der Waals surface area contributed by atoms with Gasteiger partial charge in [0.2, 0.25) is 0 Å². The van der Waals surface area contributed by atoms with Gasteiger partial charge in [-0.15, -0.1) is 0 Å². The van der Waals surface area contributed by atoms with Crippen LogP contribution in [0.25, 0.3) is 0 Å². The molecule has 1 aliphatic carbocycles. The molecule has 0 atom stereocenters. The van der Waals surface area contributed by atoms with Crippen molar-refractivity contribution in [2.24, 2.45) is 11.8 Å². The second-order valence-electron chi connectivity index (χ2n) is 6.17. The lowest BCUT2D eigenvalue weighted by Gasteiger charge is -2.31. The molecule has 2 fully saturated rings. The smallest absolute Gasteiger partial charge is 0.145 e. The van der Waals surface area contributed by atoms with Crippen LogP contribution in [0.5, 0.6) is 0 Å². The van der Waals surface area contributed by atoms with Crippen LogP contribution in [0.2, 0.25) is 0 Å². The minimum absolute atomic E-state index is 0.534. The van der Waals surface area contributed by atoms with Gasteiger partial charge in [-0.2, -0.15) is 0 Å². The van der Waals surface area contributed by atoms with Gasteiger partial charge in [-0.3, -0.25) is 0 Å². The van der Waals surface area contributed by atoms with E-state index in [4.69, 9.17) is 5.84 Å². The summed E-state index contributed by atoms with van der Waals surface area (Å²) in [6.45, 7) is 6.83. The van der Waals surface area contributed by atoms with E-state index >= 15 is 0 Å².